The van der Waals surface area contributed by atoms with Gasteiger partial charge in [0.05, 0.1) is 4.92 Å². The number of nitrogens with one attached hydrogen (secondary N) is 2. The van der Waals surface area contributed by atoms with Crippen molar-refractivity contribution in [3.63, 3.8) is 0 Å². The highest BCUT2D eigenvalue weighted by Crippen LogP contribution is 2.27. The molecule has 0 aliphatic heterocycles. The van der Waals surface area contributed by atoms with Crippen LogP contribution in [0.3, 0.4) is 0 Å². The van der Waals surface area contributed by atoms with Crippen LogP contribution in [0.1, 0.15) is 31.1 Å². The maximum absolute atomic E-state index is 11.7. The molecule has 1 aromatic carbocycles. The minimum Gasteiger partial charge on any atom is -0.485 e. The average Bonchev–Trinajstić information content (AvgIpc) is 2.43. The molecule has 0 fully saturated rings. The topological polar surface area (TPSA) is 93.5 Å². The third kappa shape index (κ3) is 5.39. The van der Waals surface area contributed by atoms with Crippen LogP contribution in [0.5, 0.6) is 5.75 Å². The molecule has 1 rings (SSSR count). The van der Waals surface area contributed by atoms with Gasteiger partial charge in [-0.1, -0.05) is 13.8 Å². The molecule has 1 aromatic rings. The van der Waals surface area contributed by atoms with Crippen molar-refractivity contribution in [2.45, 2.75) is 26.8 Å². The van der Waals surface area contributed by atoms with Gasteiger partial charge in [0.25, 0.3) is 5.91 Å². The zero-order valence-electron chi connectivity index (χ0n) is 12.5. The van der Waals surface area contributed by atoms with Gasteiger partial charge >= 0.3 is 5.69 Å². The average molecular weight is 295 g/mol. The minimum absolute atomic E-state index is 0.106. The first-order valence-corrected chi connectivity index (χ1v) is 6.88. The number of carbonyl (C=O) groups excluding carboxylic acids is 1. The fourth-order valence-electron chi connectivity index (χ4n) is 1.69. The van der Waals surface area contributed by atoms with Gasteiger partial charge < -0.3 is 15.4 Å². The highest BCUT2D eigenvalue weighted by molar-refractivity contribution is 5.95. The van der Waals surface area contributed by atoms with E-state index in [0.717, 1.165) is 0 Å². The second kappa shape index (κ2) is 8.21. The molecule has 0 heterocycles. The van der Waals surface area contributed by atoms with Crippen molar-refractivity contribution in [1.29, 1.82) is 0 Å². The molecule has 0 aromatic heterocycles. The summed E-state index contributed by atoms with van der Waals surface area (Å²) in [6.45, 7) is 7.15. The van der Waals surface area contributed by atoms with Crippen molar-refractivity contribution < 1.29 is 14.5 Å². The van der Waals surface area contributed by atoms with E-state index in [0.29, 0.717) is 24.7 Å². The van der Waals surface area contributed by atoms with E-state index in [1.165, 1.54) is 18.2 Å². The minimum atomic E-state index is -0.521. The van der Waals surface area contributed by atoms with E-state index in [1.807, 2.05) is 13.8 Å². The Morgan fingerprint density at radius 2 is 2.14 bits per heavy atom. The molecule has 1 amide bonds. The summed E-state index contributed by atoms with van der Waals surface area (Å²) in [4.78, 5) is 22.2. The number of nitrogens with zero attached hydrogens (tertiary/aromatic N) is 1. The molecule has 0 saturated carbocycles. The summed E-state index contributed by atoms with van der Waals surface area (Å²) in [5, 5.41) is 16.8. The molecule has 0 aliphatic rings. The Balaban J connectivity index is 2.83. The molecular weight excluding hydrogens is 274 g/mol. The lowest BCUT2D eigenvalue weighted by molar-refractivity contribution is -0.385. The van der Waals surface area contributed by atoms with E-state index in [1.54, 1.807) is 6.92 Å². The predicted octanol–water partition coefficient (Wildman–Crippen LogP) is 1.72. The van der Waals surface area contributed by atoms with Gasteiger partial charge in [-0.2, -0.15) is 0 Å². The lowest BCUT2D eigenvalue weighted by Gasteiger charge is -2.11. The Kier molecular flexibility index (Phi) is 6.61. The van der Waals surface area contributed by atoms with Crippen LogP contribution < -0.4 is 15.4 Å². The summed E-state index contributed by atoms with van der Waals surface area (Å²) in [6.07, 6.45) is 0. The highest BCUT2D eigenvalue weighted by Gasteiger charge is 2.17. The van der Waals surface area contributed by atoms with Gasteiger partial charge in [-0.05, 0) is 13.0 Å². The van der Waals surface area contributed by atoms with Crippen LogP contribution in [0.25, 0.3) is 0 Å². The molecule has 116 valence electrons. The van der Waals surface area contributed by atoms with E-state index in [2.05, 4.69) is 10.6 Å². The molecule has 0 unspecified atom stereocenters. The van der Waals surface area contributed by atoms with E-state index in [4.69, 9.17) is 4.74 Å². The number of hydrogen-bond acceptors (Lipinski definition) is 5. The number of amides is 1. The van der Waals surface area contributed by atoms with Crippen LogP contribution >= 0.6 is 0 Å². The van der Waals surface area contributed by atoms with Gasteiger partial charge in [0, 0.05) is 36.8 Å². The van der Waals surface area contributed by atoms with Crippen LogP contribution in [0.4, 0.5) is 5.69 Å². The van der Waals surface area contributed by atoms with Gasteiger partial charge in [-0.3, -0.25) is 14.9 Å². The smallest absolute Gasteiger partial charge is 0.310 e. The number of ether oxygens (including phenoxy) is 1. The quantitative estimate of drug-likeness (QED) is 0.433. The summed E-state index contributed by atoms with van der Waals surface area (Å²) in [7, 11) is 0. The molecule has 0 radical (unpaired) electrons. The normalized spacial score (nSPS) is 10.5. The van der Waals surface area contributed by atoms with Gasteiger partial charge in [-0.15, -0.1) is 0 Å². The molecule has 2 N–H and O–H groups in total. The SMILES string of the molecule is CCNC(=O)c1ccc([N+](=O)[O-])c(OCCNC(C)C)c1. The first-order valence-electron chi connectivity index (χ1n) is 6.88. The number of carbonyl (C=O) groups is 1. The first-order chi connectivity index (χ1) is 9.95. The monoisotopic (exact) mass is 295 g/mol. The van der Waals surface area contributed by atoms with Gasteiger partial charge in [0.15, 0.2) is 5.75 Å². The first kappa shape index (κ1) is 16.9. The molecule has 0 spiro atoms. The van der Waals surface area contributed by atoms with E-state index < -0.39 is 4.92 Å². The van der Waals surface area contributed by atoms with Crippen LogP contribution in [0.15, 0.2) is 18.2 Å². The maximum atomic E-state index is 11.7. The van der Waals surface area contributed by atoms with Crippen LogP contribution in [-0.4, -0.2) is 36.6 Å². The second-order valence-corrected chi connectivity index (χ2v) is 4.76. The van der Waals surface area contributed by atoms with Crippen molar-refractivity contribution in [2.75, 3.05) is 19.7 Å². The summed E-state index contributed by atoms with van der Waals surface area (Å²) in [5.74, 6) is -0.174. The van der Waals surface area contributed by atoms with Crippen molar-refractivity contribution in [3.05, 3.63) is 33.9 Å². The Morgan fingerprint density at radius 3 is 2.71 bits per heavy atom. The molecule has 0 aliphatic carbocycles. The standard InChI is InChI=1S/C14H21N3O4/c1-4-15-14(18)11-5-6-12(17(19)20)13(9-11)21-8-7-16-10(2)3/h5-6,9-10,16H,4,7-8H2,1-3H3,(H,15,18). The Bertz CT molecular complexity index is 503. The van der Waals surface area contributed by atoms with Crippen LogP contribution in [-0.2, 0) is 0 Å². The third-order valence-electron chi connectivity index (χ3n) is 2.67. The fraction of sp³-hybridized carbons (Fsp3) is 0.500. The summed E-state index contributed by atoms with van der Waals surface area (Å²) < 4.78 is 5.43. The lowest BCUT2D eigenvalue weighted by Crippen LogP contribution is -2.27. The zero-order chi connectivity index (χ0) is 15.8. The van der Waals surface area contributed by atoms with E-state index in [9.17, 15) is 14.9 Å². The Morgan fingerprint density at radius 1 is 1.43 bits per heavy atom. The number of hydrogen-bond donors (Lipinski definition) is 2. The van der Waals surface area contributed by atoms with Crippen molar-refractivity contribution in [3.8, 4) is 5.75 Å². The molecule has 0 bridgehead atoms. The second-order valence-electron chi connectivity index (χ2n) is 4.76. The summed E-state index contributed by atoms with van der Waals surface area (Å²) in [5.41, 5.74) is 0.196. The van der Waals surface area contributed by atoms with Crippen LogP contribution in [0, 0.1) is 10.1 Å². The maximum Gasteiger partial charge on any atom is 0.310 e. The van der Waals surface area contributed by atoms with Gasteiger partial charge in [0.1, 0.15) is 6.61 Å². The number of rotatable bonds is 8. The largest absolute Gasteiger partial charge is 0.485 e. The molecule has 0 atom stereocenters. The molecule has 7 heteroatoms. The molecule has 21 heavy (non-hydrogen) atoms. The van der Waals surface area contributed by atoms with E-state index >= 15 is 0 Å². The van der Waals surface area contributed by atoms with Gasteiger partial charge in [-0.25, -0.2) is 0 Å². The lowest BCUT2D eigenvalue weighted by atomic mass is 10.1. The molecular formula is C14H21N3O4. The van der Waals surface area contributed by atoms with Gasteiger partial charge in [0.2, 0.25) is 0 Å². The summed E-state index contributed by atoms with van der Waals surface area (Å²) >= 11 is 0. The highest BCUT2D eigenvalue weighted by atomic mass is 16.6. The van der Waals surface area contributed by atoms with Crippen molar-refractivity contribution >= 4 is 11.6 Å². The van der Waals surface area contributed by atoms with Crippen LogP contribution in [0.2, 0.25) is 0 Å². The zero-order valence-corrected chi connectivity index (χ0v) is 12.5. The van der Waals surface area contributed by atoms with E-state index in [-0.39, 0.29) is 24.0 Å². The summed E-state index contributed by atoms with van der Waals surface area (Å²) in [6, 6.07) is 4.42. The predicted molar refractivity (Wildman–Crippen MR) is 79.7 cm³/mol. The van der Waals surface area contributed by atoms with Crippen molar-refractivity contribution in [2.24, 2.45) is 0 Å². The Hall–Kier alpha value is -2.15. The van der Waals surface area contributed by atoms with Crippen molar-refractivity contribution in [1.82, 2.24) is 10.6 Å². The Labute approximate surface area is 123 Å². The number of nitro benzene ring substituents is 1. The number of benzene rings is 1. The fourth-order valence-corrected chi connectivity index (χ4v) is 1.69. The third-order valence-corrected chi connectivity index (χ3v) is 2.67. The number of nitro groups is 1. The molecule has 7 nitrogen and oxygen atoms in total. The molecule has 0 saturated heterocycles.